The van der Waals surface area contributed by atoms with E-state index in [9.17, 15) is 19.5 Å². The minimum atomic E-state index is -1.65. The number of quaternary nitrogens is 1. The largest absolute Gasteiger partial charge is 0.545 e. The van der Waals surface area contributed by atoms with Gasteiger partial charge in [0.05, 0.1) is 40.3 Å². The van der Waals surface area contributed by atoms with Crippen LogP contribution < -0.4 is 5.11 Å². The summed E-state index contributed by atoms with van der Waals surface area (Å²) in [5, 5.41) is 11.8. The molecule has 0 amide bonds. The quantitative estimate of drug-likeness (QED) is 0.0195. The molecule has 0 saturated carbocycles. The third-order valence-corrected chi connectivity index (χ3v) is 12.0. The number of allylic oxidation sites excluding steroid dienone is 28. The van der Waals surface area contributed by atoms with E-state index in [2.05, 4.69) is 184 Å². The molecule has 79 heavy (non-hydrogen) atoms. The van der Waals surface area contributed by atoms with Gasteiger partial charge >= 0.3 is 11.9 Å². The highest BCUT2D eigenvalue weighted by Crippen LogP contribution is 2.13. The van der Waals surface area contributed by atoms with E-state index >= 15 is 0 Å². The molecule has 2 atom stereocenters. The average Bonchev–Trinajstić information content (AvgIpc) is 3.42. The fourth-order valence-electron chi connectivity index (χ4n) is 7.38. The first-order valence-corrected chi connectivity index (χ1v) is 30.3. The van der Waals surface area contributed by atoms with Crippen molar-refractivity contribution in [3.8, 4) is 0 Å². The number of hydrogen-bond donors (Lipinski definition) is 0. The summed E-state index contributed by atoms with van der Waals surface area (Å²) in [4.78, 5) is 37.3. The molecule has 0 bridgehead atoms. The number of aliphatic carboxylic acids is 1. The van der Waals surface area contributed by atoms with Crippen LogP contribution in [0.1, 0.15) is 194 Å². The van der Waals surface area contributed by atoms with Gasteiger partial charge in [-0.15, -0.1) is 0 Å². The van der Waals surface area contributed by atoms with E-state index in [1.165, 1.54) is 25.7 Å². The SMILES string of the molecule is CC/C=C\C/C=C\C/C=C\C/C=C\C/C=C\C/C=C\C/C=C\C/C=C\C/C=C\C/C=C\CCCCC(=O)OC(COC(=O)CCCCCCCCCC/C=C\C/C=C\C/C=C\C/C=C\CC)COC(OCC[N+](C)(C)C)C(=O)[O-]. The van der Waals surface area contributed by atoms with Gasteiger partial charge in [0, 0.05) is 12.8 Å². The van der Waals surface area contributed by atoms with Crippen molar-refractivity contribution < 1.29 is 42.9 Å². The number of carboxylic acid groups (broad SMARTS) is 1. The average molecular weight is 1090 g/mol. The fraction of sp³-hybridized carbons (Fsp3) is 0.557. The lowest BCUT2D eigenvalue weighted by atomic mass is 10.1. The Hall–Kier alpha value is -5.35. The van der Waals surface area contributed by atoms with E-state index < -0.39 is 24.3 Å². The van der Waals surface area contributed by atoms with Crippen molar-refractivity contribution in [2.45, 2.75) is 206 Å². The predicted octanol–water partition coefficient (Wildman–Crippen LogP) is 17.0. The molecule has 0 rings (SSSR count). The molecular formula is C70H109NO8. The second kappa shape index (κ2) is 58.8. The molecule has 0 aromatic carbocycles. The molecule has 0 aliphatic carbocycles. The Balaban J connectivity index is 4.38. The monoisotopic (exact) mass is 1090 g/mol. The highest BCUT2D eigenvalue weighted by molar-refractivity contribution is 5.70. The van der Waals surface area contributed by atoms with E-state index in [1.807, 2.05) is 21.1 Å². The molecule has 9 heteroatoms. The Morgan fingerprint density at radius 3 is 1.04 bits per heavy atom. The molecule has 0 saturated heterocycles. The fourth-order valence-corrected chi connectivity index (χ4v) is 7.38. The second-order valence-electron chi connectivity index (χ2n) is 20.5. The molecule has 2 unspecified atom stereocenters. The summed E-state index contributed by atoms with van der Waals surface area (Å²) >= 11 is 0. The van der Waals surface area contributed by atoms with Crippen LogP contribution in [0.4, 0.5) is 0 Å². The third-order valence-electron chi connectivity index (χ3n) is 12.0. The minimum Gasteiger partial charge on any atom is -0.545 e. The number of nitrogens with zero attached hydrogens (tertiary/aromatic N) is 1. The van der Waals surface area contributed by atoms with Gasteiger partial charge in [0.25, 0.3) is 0 Å². The molecular weight excluding hydrogens is 983 g/mol. The highest BCUT2D eigenvalue weighted by atomic mass is 16.7. The molecule has 9 nitrogen and oxygen atoms in total. The normalized spacial score (nSPS) is 14.0. The summed E-state index contributed by atoms with van der Waals surface area (Å²) in [6.45, 7) is 4.43. The summed E-state index contributed by atoms with van der Waals surface area (Å²) in [5.74, 6) is -2.38. The van der Waals surface area contributed by atoms with Gasteiger partial charge < -0.3 is 33.3 Å². The van der Waals surface area contributed by atoms with Crippen LogP contribution in [0.25, 0.3) is 0 Å². The van der Waals surface area contributed by atoms with Crippen LogP contribution in [0, 0.1) is 0 Å². The van der Waals surface area contributed by atoms with Gasteiger partial charge in [-0.1, -0.05) is 223 Å². The van der Waals surface area contributed by atoms with Crippen LogP contribution in [0.3, 0.4) is 0 Å². The molecule has 0 N–H and O–H groups in total. The van der Waals surface area contributed by atoms with Crippen LogP contribution in [-0.4, -0.2) is 82.3 Å². The number of ether oxygens (including phenoxy) is 4. The third kappa shape index (κ3) is 60.1. The lowest BCUT2D eigenvalue weighted by Gasteiger charge is -2.26. The molecule has 442 valence electrons. The molecule has 0 radical (unpaired) electrons. The first kappa shape index (κ1) is 73.7. The second-order valence-corrected chi connectivity index (χ2v) is 20.5. The van der Waals surface area contributed by atoms with Crippen LogP contribution in [-0.2, 0) is 33.3 Å². The van der Waals surface area contributed by atoms with Gasteiger partial charge in [-0.05, 0) is 128 Å². The van der Waals surface area contributed by atoms with E-state index in [-0.39, 0.29) is 38.6 Å². The number of rotatable bonds is 53. The van der Waals surface area contributed by atoms with E-state index in [0.29, 0.717) is 23.9 Å². The predicted molar refractivity (Wildman–Crippen MR) is 333 cm³/mol. The van der Waals surface area contributed by atoms with Crippen LogP contribution in [0.15, 0.2) is 170 Å². The van der Waals surface area contributed by atoms with Crippen LogP contribution >= 0.6 is 0 Å². The molecule has 0 aliphatic heterocycles. The summed E-state index contributed by atoms with van der Waals surface area (Å²) in [7, 11) is 5.89. The van der Waals surface area contributed by atoms with Gasteiger partial charge in [-0.2, -0.15) is 0 Å². The number of carbonyl (C=O) groups excluding carboxylic acids is 3. The zero-order valence-corrected chi connectivity index (χ0v) is 50.2. The molecule has 0 aliphatic rings. The number of esters is 2. The van der Waals surface area contributed by atoms with Crippen molar-refractivity contribution in [1.29, 1.82) is 0 Å². The maximum absolute atomic E-state index is 12.9. The maximum atomic E-state index is 12.9. The highest BCUT2D eigenvalue weighted by Gasteiger charge is 2.22. The first-order valence-electron chi connectivity index (χ1n) is 30.3. The summed E-state index contributed by atoms with van der Waals surface area (Å²) in [6, 6.07) is 0. The number of likely N-dealkylation sites (N-methyl/N-ethyl adjacent to an activating group) is 1. The lowest BCUT2D eigenvalue weighted by Crippen LogP contribution is -2.44. The zero-order valence-electron chi connectivity index (χ0n) is 50.2. The van der Waals surface area contributed by atoms with Crippen molar-refractivity contribution in [3.05, 3.63) is 170 Å². The van der Waals surface area contributed by atoms with Gasteiger partial charge in [-0.3, -0.25) is 9.59 Å². The van der Waals surface area contributed by atoms with Gasteiger partial charge in [0.15, 0.2) is 12.4 Å². The molecule has 0 aromatic rings. The number of carbonyl (C=O) groups is 3. The van der Waals surface area contributed by atoms with E-state index in [1.54, 1.807) is 0 Å². The molecule has 0 fully saturated rings. The Bertz CT molecular complexity index is 1900. The van der Waals surface area contributed by atoms with Gasteiger partial charge in [-0.25, -0.2) is 0 Å². The molecule has 0 spiro atoms. The van der Waals surface area contributed by atoms with E-state index in [4.69, 9.17) is 18.9 Å². The van der Waals surface area contributed by atoms with Crippen molar-refractivity contribution in [2.75, 3.05) is 47.5 Å². The maximum Gasteiger partial charge on any atom is 0.306 e. The summed E-state index contributed by atoms with van der Waals surface area (Å²) in [6.07, 6.45) is 85.5. The van der Waals surface area contributed by atoms with Crippen LogP contribution in [0.2, 0.25) is 0 Å². The van der Waals surface area contributed by atoms with Crippen molar-refractivity contribution in [3.63, 3.8) is 0 Å². The number of hydrogen-bond acceptors (Lipinski definition) is 8. The Morgan fingerprint density at radius 1 is 0.380 bits per heavy atom. The van der Waals surface area contributed by atoms with Crippen molar-refractivity contribution >= 4 is 17.9 Å². The Morgan fingerprint density at radius 2 is 0.684 bits per heavy atom. The molecule has 0 heterocycles. The van der Waals surface area contributed by atoms with E-state index in [0.717, 1.165) is 128 Å². The van der Waals surface area contributed by atoms with Crippen molar-refractivity contribution in [1.82, 2.24) is 0 Å². The van der Waals surface area contributed by atoms with Crippen molar-refractivity contribution in [2.24, 2.45) is 0 Å². The van der Waals surface area contributed by atoms with Gasteiger partial charge in [0.2, 0.25) is 0 Å². The number of carboxylic acids is 1. The first-order chi connectivity index (χ1) is 38.6. The standard InChI is InChI=1S/C70H109NO8/c1-6-8-10-12-14-16-18-20-22-24-26-28-29-30-31-32-33-34-35-36-37-38-39-41-43-45-47-49-51-53-55-57-59-61-68(73)79-66(65-78-70(69(74)75)76-63-62-71(3,4)5)64-77-67(72)60-58-56-54-52-50-48-46-44-42-40-27-25-23-21-19-17-15-13-11-9-7-2/h8-11,14-17,20-23,26-28,30-31,33-34,36-37,39-41,45,47,51,53,66,70H,6-7,12-13,18-19,24-25,29,32,35,38,42-44,46,48-50,52,54-65H2,1-5H3/b10-8-,11-9-,16-14-,17-15-,22-20-,23-21-,28-26-,31-30-,34-33-,37-36-,40-27-,41-39-,47-45-,53-51-. The topological polar surface area (TPSA) is 111 Å². The minimum absolute atomic E-state index is 0.127. The number of unbranched alkanes of at least 4 members (excludes halogenated alkanes) is 10. The molecule has 0 aromatic heterocycles. The Kier molecular flexibility index (Phi) is 54.8. The Labute approximate surface area is 482 Å². The van der Waals surface area contributed by atoms with Crippen LogP contribution in [0.5, 0.6) is 0 Å². The zero-order chi connectivity index (χ0) is 57.6. The summed E-state index contributed by atoms with van der Waals surface area (Å²) in [5.41, 5.74) is 0. The van der Waals surface area contributed by atoms with Gasteiger partial charge in [0.1, 0.15) is 13.2 Å². The smallest absolute Gasteiger partial charge is 0.306 e. The lowest BCUT2D eigenvalue weighted by molar-refractivity contribution is -0.870. The summed E-state index contributed by atoms with van der Waals surface area (Å²) < 4.78 is 22.6.